The number of phenols is 1. The van der Waals surface area contributed by atoms with Gasteiger partial charge >= 0.3 is 5.97 Å². The summed E-state index contributed by atoms with van der Waals surface area (Å²) in [4.78, 5) is 21.8. The molecule has 1 aromatic carbocycles. The summed E-state index contributed by atoms with van der Waals surface area (Å²) in [5, 5.41) is 21.3. The molecule has 6 nitrogen and oxygen atoms in total. The number of methoxy groups -OCH3 is 1. The molecule has 1 amide bonds. The number of hydrogen-bond acceptors (Lipinski definition) is 4. The van der Waals surface area contributed by atoms with Crippen molar-refractivity contribution >= 4 is 11.9 Å². The lowest BCUT2D eigenvalue weighted by atomic mass is 10.0. The molecule has 1 atom stereocenters. The number of para-hydroxylation sites is 1. The highest BCUT2D eigenvalue weighted by Gasteiger charge is 2.16. The molecule has 1 unspecified atom stereocenters. The second-order valence-corrected chi connectivity index (χ2v) is 4.50. The van der Waals surface area contributed by atoms with Crippen LogP contribution in [0.25, 0.3) is 0 Å². The van der Waals surface area contributed by atoms with Crippen molar-refractivity contribution in [3.63, 3.8) is 0 Å². The number of aliphatic carboxylic acids is 1. The van der Waals surface area contributed by atoms with Gasteiger partial charge in [0, 0.05) is 13.0 Å². The van der Waals surface area contributed by atoms with Crippen molar-refractivity contribution in [3.8, 4) is 11.5 Å². The number of benzene rings is 1. The number of nitrogens with one attached hydrogen (secondary N) is 1. The Labute approximate surface area is 117 Å². The zero-order valence-electron chi connectivity index (χ0n) is 11.5. The molecule has 3 N–H and O–H groups in total. The average Bonchev–Trinajstić information content (AvgIpc) is 2.36. The van der Waals surface area contributed by atoms with Gasteiger partial charge in [0.25, 0.3) is 0 Å². The second-order valence-electron chi connectivity index (χ2n) is 4.50. The van der Waals surface area contributed by atoms with Crippen LogP contribution in [0.2, 0.25) is 0 Å². The van der Waals surface area contributed by atoms with Crippen LogP contribution in [-0.2, 0) is 16.0 Å². The first kappa shape index (κ1) is 15.8. The summed E-state index contributed by atoms with van der Waals surface area (Å²) in [6.07, 6.45) is 0.720. The van der Waals surface area contributed by atoms with Crippen LogP contribution >= 0.6 is 0 Å². The van der Waals surface area contributed by atoms with Gasteiger partial charge in [-0.25, -0.2) is 0 Å². The fraction of sp³-hybridized carbons (Fsp3) is 0.429. The van der Waals surface area contributed by atoms with Crippen molar-refractivity contribution < 1.29 is 24.5 Å². The van der Waals surface area contributed by atoms with E-state index in [1.807, 2.05) is 0 Å². The van der Waals surface area contributed by atoms with Crippen molar-refractivity contribution in [3.05, 3.63) is 23.8 Å². The zero-order chi connectivity index (χ0) is 15.1. The predicted molar refractivity (Wildman–Crippen MR) is 72.8 cm³/mol. The molecule has 0 aliphatic carbocycles. The molecule has 6 heteroatoms. The largest absolute Gasteiger partial charge is 0.504 e. The SMILES string of the molecule is COc1cccc(CCC(CC(=O)O)NC(C)=O)c1O. The lowest BCUT2D eigenvalue weighted by Crippen LogP contribution is -2.35. The highest BCUT2D eigenvalue weighted by Crippen LogP contribution is 2.30. The molecule has 0 heterocycles. The topological polar surface area (TPSA) is 95.9 Å². The third kappa shape index (κ3) is 4.79. The highest BCUT2D eigenvalue weighted by molar-refractivity contribution is 5.74. The molecule has 1 rings (SSSR count). The van der Waals surface area contributed by atoms with Crippen molar-refractivity contribution in [2.75, 3.05) is 7.11 Å². The fourth-order valence-electron chi connectivity index (χ4n) is 1.99. The summed E-state index contributed by atoms with van der Waals surface area (Å²) < 4.78 is 5.01. The molecule has 0 radical (unpaired) electrons. The van der Waals surface area contributed by atoms with Crippen molar-refractivity contribution in [2.45, 2.75) is 32.2 Å². The number of rotatable bonds is 7. The zero-order valence-corrected chi connectivity index (χ0v) is 11.5. The summed E-state index contributed by atoms with van der Waals surface area (Å²) in [6, 6.07) is 4.67. The van der Waals surface area contributed by atoms with E-state index in [1.165, 1.54) is 14.0 Å². The number of ether oxygens (including phenoxy) is 1. The lowest BCUT2D eigenvalue weighted by molar-refractivity contribution is -0.137. The van der Waals surface area contributed by atoms with E-state index in [0.717, 1.165) is 0 Å². The highest BCUT2D eigenvalue weighted by atomic mass is 16.5. The number of carboxylic acid groups (broad SMARTS) is 1. The predicted octanol–water partition coefficient (Wildman–Crippen LogP) is 1.31. The molecule has 0 saturated heterocycles. The monoisotopic (exact) mass is 281 g/mol. The minimum absolute atomic E-state index is 0.0481. The number of hydrogen-bond donors (Lipinski definition) is 3. The van der Waals surface area contributed by atoms with E-state index in [9.17, 15) is 14.7 Å². The second kappa shape index (κ2) is 7.37. The minimum Gasteiger partial charge on any atom is -0.504 e. The minimum atomic E-state index is -0.974. The maximum absolute atomic E-state index is 11.0. The first-order chi connectivity index (χ1) is 9.43. The molecular weight excluding hydrogens is 262 g/mol. The van der Waals surface area contributed by atoms with Gasteiger partial charge in [0.15, 0.2) is 11.5 Å². The van der Waals surface area contributed by atoms with Crippen LogP contribution in [0.1, 0.15) is 25.3 Å². The third-order valence-corrected chi connectivity index (χ3v) is 2.89. The van der Waals surface area contributed by atoms with Crippen molar-refractivity contribution in [2.24, 2.45) is 0 Å². The maximum atomic E-state index is 11.0. The van der Waals surface area contributed by atoms with Crippen LogP contribution in [0, 0.1) is 0 Å². The van der Waals surface area contributed by atoms with E-state index < -0.39 is 12.0 Å². The molecule has 0 bridgehead atoms. The average molecular weight is 281 g/mol. The third-order valence-electron chi connectivity index (χ3n) is 2.89. The van der Waals surface area contributed by atoms with E-state index in [0.29, 0.717) is 24.2 Å². The smallest absolute Gasteiger partial charge is 0.305 e. The van der Waals surface area contributed by atoms with Gasteiger partial charge in [-0.1, -0.05) is 12.1 Å². The van der Waals surface area contributed by atoms with Crippen LogP contribution in [0.5, 0.6) is 11.5 Å². The molecule has 20 heavy (non-hydrogen) atoms. The normalized spacial score (nSPS) is 11.7. The van der Waals surface area contributed by atoms with Crippen molar-refractivity contribution in [1.82, 2.24) is 5.32 Å². The van der Waals surface area contributed by atoms with Gasteiger partial charge < -0.3 is 20.3 Å². The fourth-order valence-corrected chi connectivity index (χ4v) is 1.99. The van der Waals surface area contributed by atoms with Crippen molar-refractivity contribution in [1.29, 1.82) is 0 Å². The quantitative estimate of drug-likeness (QED) is 0.700. The first-order valence-electron chi connectivity index (χ1n) is 6.27. The first-order valence-corrected chi connectivity index (χ1v) is 6.27. The number of carbonyl (C=O) groups excluding carboxylic acids is 1. The Morgan fingerprint density at radius 3 is 2.65 bits per heavy atom. The molecule has 0 spiro atoms. The number of aromatic hydroxyl groups is 1. The van der Waals surface area contributed by atoms with Gasteiger partial charge in [-0.05, 0) is 24.5 Å². The van der Waals surface area contributed by atoms with Gasteiger partial charge in [-0.2, -0.15) is 0 Å². The Morgan fingerprint density at radius 1 is 1.40 bits per heavy atom. The van der Waals surface area contributed by atoms with Gasteiger partial charge in [0.05, 0.1) is 13.5 Å². The van der Waals surface area contributed by atoms with E-state index >= 15 is 0 Å². The van der Waals surface area contributed by atoms with E-state index in [2.05, 4.69) is 5.32 Å². The number of carbonyl (C=O) groups is 2. The Kier molecular flexibility index (Phi) is 5.83. The van der Waals surface area contributed by atoms with Gasteiger partial charge in [0.2, 0.25) is 5.91 Å². The number of aryl methyl sites for hydroxylation is 1. The standard InChI is InChI=1S/C14H19NO5/c1-9(16)15-11(8-13(17)18)7-6-10-4-3-5-12(20-2)14(10)19/h3-5,11,19H,6-8H2,1-2H3,(H,15,16)(H,17,18). The molecule has 0 aliphatic rings. The van der Waals surface area contributed by atoms with Crippen LogP contribution in [-0.4, -0.2) is 35.2 Å². The lowest BCUT2D eigenvalue weighted by Gasteiger charge is -2.16. The van der Waals surface area contributed by atoms with Crippen LogP contribution < -0.4 is 10.1 Å². The van der Waals surface area contributed by atoms with Gasteiger partial charge in [0.1, 0.15) is 0 Å². The molecule has 0 saturated carbocycles. The van der Waals surface area contributed by atoms with E-state index in [-0.39, 0.29) is 18.1 Å². The summed E-state index contributed by atoms with van der Waals surface area (Å²) >= 11 is 0. The number of amides is 1. The molecule has 0 aliphatic heterocycles. The summed E-state index contributed by atoms with van der Waals surface area (Å²) in [5.74, 6) is -0.826. The number of carboxylic acids is 1. The Hall–Kier alpha value is -2.24. The van der Waals surface area contributed by atoms with Gasteiger partial charge in [-0.3, -0.25) is 9.59 Å². The molecular formula is C14H19NO5. The Balaban J connectivity index is 2.71. The Bertz CT molecular complexity index is 470. The number of phenolic OH excluding ortho intramolecular Hbond substituents is 1. The Morgan fingerprint density at radius 2 is 2.10 bits per heavy atom. The molecule has 1 aromatic rings. The summed E-state index contributed by atoms with van der Waals surface area (Å²) in [5.41, 5.74) is 0.657. The van der Waals surface area contributed by atoms with Crippen LogP contribution in [0.3, 0.4) is 0 Å². The summed E-state index contributed by atoms with van der Waals surface area (Å²) in [7, 11) is 1.46. The van der Waals surface area contributed by atoms with Crippen LogP contribution in [0.15, 0.2) is 18.2 Å². The maximum Gasteiger partial charge on any atom is 0.305 e. The molecule has 0 aromatic heterocycles. The van der Waals surface area contributed by atoms with E-state index in [1.54, 1.807) is 18.2 Å². The van der Waals surface area contributed by atoms with Gasteiger partial charge in [-0.15, -0.1) is 0 Å². The molecule has 110 valence electrons. The summed E-state index contributed by atoms with van der Waals surface area (Å²) in [6.45, 7) is 1.35. The van der Waals surface area contributed by atoms with Crippen LogP contribution in [0.4, 0.5) is 0 Å². The van der Waals surface area contributed by atoms with E-state index in [4.69, 9.17) is 9.84 Å². The molecule has 0 fully saturated rings.